The van der Waals surface area contributed by atoms with Crippen molar-refractivity contribution in [1.29, 1.82) is 0 Å². The van der Waals surface area contributed by atoms with Gasteiger partial charge in [0.2, 0.25) is 0 Å². The van der Waals surface area contributed by atoms with Crippen LogP contribution in [0.5, 0.6) is 0 Å². The number of rotatable bonds is 5. The van der Waals surface area contributed by atoms with Gasteiger partial charge < -0.3 is 4.55 Å². The van der Waals surface area contributed by atoms with Crippen molar-refractivity contribution in [2.45, 2.75) is 41.6 Å². The Hall–Kier alpha value is 0.356. The van der Waals surface area contributed by atoms with E-state index in [2.05, 4.69) is 0 Å². The smallest absolute Gasteiger partial charge is 0.743 e. The molecule has 0 aromatic heterocycles. The van der Waals surface area contributed by atoms with E-state index in [4.69, 9.17) is 0 Å². The molecule has 0 aromatic rings. The van der Waals surface area contributed by atoms with E-state index < -0.39 is 57.1 Å². The number of hydrogen-bond donors (Lipinski definition) is 0. The Kier molecular flexibility index (Phi) is 8.66. The van der Waals surface area contributed by atoms with Gasteiger partial charge in [0.25, 0.3) is 0 Å². The molecule has 0 heterocycles. The largest absolute Gasteiger partial charge is 1.00 e. The first-order valence-electron chi connectivity index (χ1n) is 5.67. The second-order valence-corrected chi connectivity index (χ2v) is 6.36. The molecule has 0 fully saturated rings. The molecule has 0 aliphatic rings. The molecular weight excluding hydrogens is 538 g/mol. The fourth-order valence-electron chi connectivity index (χ4n) is 1.79. The van der Waals surface area contributed by atoms with Crippen molar-refractivity contribution >= 4 is 10.1 Å². The third kappa shape index (κ3) is 4.05. The van der Waals surface area contributed by atoms with Gasteiger partial charge in [-0.25, -0.2) is 8.42 Å². The Morgan fingerprint density at radius 2 is 0.700 bits per heavy atom. The minimum Gasteiger partial charge on any atom is -0.743 e. The molecule has 0 N–H and O–H groups in total. The summed E-state index contributed by atoms with van der Waals surface area (Å²) in [5.41, 5.74) is -9.10. The summed E-state index contributed by atoms with van der Waals surface area (Å²) in [5, 5.41) is -8.08. The van der Waals surface area contributed by atoms with Gasteiger partial charge in [-0.05, 0) is 0 Å². The van der Waals surface area contributed by atoms with Crippen LogP contribution in [-0.4, -0.2) is 54.5 Å². The summed E-state index contributed by atoms with van der Waals surface area (Å²) in [6.07, 6.45) is -25.9. The second kappa shape index (κ2) is 7.99. The van der Waals surface area contributed by atoms with Crippen LogP contribution in [-0.2, 0) is 10.1 Å². The van der Waals surface area contributed by atoms with E-state index in [9.17, 15) is 87.6 Å². The topological polar surface area (TPSA) is 57.2 Å². The van der Waals surface area contributed by atoms with Gasteiger partial charge >= 0.3 is 98.4 Å². The zero-order valence-corrected chi connectivity index (χ0v) is 17.0. The molecular formula is C8F17KO3S. The van der Waals surface area contributed by atoms with Crippen molar-refractivity contribution in [2.75, 3.05) is 0 Å². The second-order valence-electron chi connectivity index (χ2n) is 4.94. The standard InChI is InChI=1S/C8HF17O3S.K/c9-2(10,1(5(15,16)17,6(18,19)20)7(21,22)23)3(11,12)4(13,14)8(24,25)29(26,27)28;/h(H,26,27,28);/q;+1/p-1. The predicted octanol–water partition coefficient (Wildman–Crippen LogP) is 1.71. The molecule has 176 valence electrons. The Morgan fingerprint density at radius 3 is 0.867 bits per heavy atom. The summed E-state index contributed by atoms with van der Waals surface area (Å²) < 4.78 is 246. The Labute approximate surface area is 195 Å². The molecule has 0 aliphatic carbocycles. The van der Waals surface area contributed by atoms with Crippen LogP contribution < -0.4 is 51.4 Å². The molecule has 0 unspecified atom stereocenters. The summed E-state index contributed by atoms with van der Waals surface area (Å²) in [4.78, 5) is 0. The fraction of sp³-hybridized carbons (Fsp3) is 1.00. The third-order valence-electron chi connectivity index (χ3n) is 3.21. The summed E-state index contributed by atoms with van der Waals surface area (Å²) in [6.45, 7) is 0. The summed E-state index contributed by atoms with van der Waals surface area (Å²) >= 11 is 0. The van der Waals surface area contributed by atoms with E-state index in [1.54, 1.807) is 0 Å². The van der Waals surface area contributed by atoms with Gasteiger partial charge in [0.05, 0.1) is 0 Å². The van der Waals surface area contributed by atoms with Crippen LogP contribution >= 0.6 is 0 Å². The van der Waals surface area contributed by atoms with Gasteiger partial charge in [-0.1, -0.05) is 0 Å². The molecule has 3 nitrogen and oxygen atoms in total. The van der Waals surface area contributed by atoms with Crippen molar-refractivity contribution < 1.29 is 139 Å². The molecule has 0 saturated heterocycles. The van der Waals surface area contributed by atoms with Gasteiger partial charge in [-0.3, -0.25) is 0 Å². The van der Waals surface area contributed by atoms with E-state index in [1.165, 1.54) is 0 Å². The summed E-state index contributed by atoms with van der Waals surface area (Å²) in [5.74, 6) is -27.0. The molecule has 0 aromatic carbocycles. The summed E-state index contributed by atoms with van der Waals surface area (Å²) in [7, 11) is -8.25. The molecule has 0 bridgehead atoms. The molecule has 0 atom stereocenters. The van der Waals surface area contributed by atoms with Crippen LogP contribution in [0.4, 0.5) is 74.6 Å². The van der Waals surface area contributed by atoms with Crippen LogP contribution in [0.25, 0.3) is 0 Å². The van der Waals surface area contributed by atoms with E-state index in [-0.39, 0.29) is 51.4 Å². The maximum atomic E-state index is 13.4. The molecule has 0 rings (SSSR count). The summed E-state index contributed by atoms with van der Waals surface area (Å²) in [6, 6.07) is 0. The van der Waals surface area contributed by atoms with Gasteiger partial charge in [0.15, 0.2) is 10.1 Å². The first-order chi connectivity index (χ1) is 12.0. The number of alkyl halides is 17. The molecule has 30 heavy (non-hydrogen) atoms. The van der Waals surface area contributed by atoms with Crippen LogP contribution in [0.1, 0.15) is 0 Å². The zero-order valence-electron chi connectivity index (χ0n) is 13.1. The van der Waals surface area contributed by atoms with Crippen molar-refractivity contribution in [1.82, 2.24) is 0 Å². The SMILES string of the molecule is O=S(=O)([O-])C(F)(F)C(F)(F)C(F)(F)C(F)(F)C(C(F)(F)F)(C(F)(F)F)C(F)(F)F.[K+]. The zero-order chi connectivity index (χ0) is 24.5. The van der Waals surface area contributed by atoms with Gasteiger partial charge in [0, 0.05) is 0 Å². The van der Waals surface area contributed by atoms with Crippen LogP contribution in [0.2, 0.25) is 0 Å². The van der Waals surface area contributed by atoms with Gasteiger partial charge in [-0.2, -0.15) is 74.6 Å². The van der Waals surface area contributed by atoms with Crippen molar-refractivity contribution in [3.8, 4) is 0 Å². The quantitative estimate of drug-likeness (QED) is 0.305. The van der Waals surface area contributed by atoms with Crippen LogP contribution in [0, 0.1) is 5.41 Å². The fourth-order valence-corrected chi connectivity index (χ4v) is 2.23. The molecule has 0 saturated carbocycles. The van der Waals surface area contributed by atoms with E-state index in [0.29, 0.717) is 0 Å². The van der Waals surface area contributed by atoms with E-state index in [1.807, 2.05) is 0 Å². The van der Waals surface area contributed by atoms with Crippen LogP contribution in [0.3, 0.4) is 0 Å². The van der Waals surface area contributed by atoms with Gasteiger partial charge in [0.1, 0.15) is 0 Å². The molecule has 22 heteroatoms. The normalized spacial score (nSPS) is 16.3. The van der Waals surface area contributed by atoms with Crippen molar-refractivity contribution in [2.24, 2.45) is 5.41 Å². The molecule has 0 spiro atoms. The predicted molar refractivity (Wildman–Crippen MR) is 50.1 cm³/mol. The van der Waals surface area contributed by atoms with Crippen molar-refractivity contribution in [3.63, 3.8) is 0 Å². The maximum absolute atomic E-state index is 13.4. The minimum absolute atomic E-state index is 0. The van der Waals surface area contributed by atoms with Gasteiger partial charge in [-0.15, -0.1) is 0 Å². The average Bonchev–Trinajstić information content (AvgIpc) is 2.30. The monoisotopic (exact) mass is 538 g/mol. The Balaban J connectivity index is 0. The van der Waals surface area contributed by atoms with E-state index >= 15 is 0 Å². The maximum Gasteiger partial charge on any atom is 1.00 e. The molecule has 0 radical (unpaired) electrons. The minimum atomic E-state index is -9.27. The van der Waals surface area contributed by atoms with Crippen molar-refractivity contribution in [3.05, 3.63) is 0 Å². The average molecular weight is 538 g/mol. The Bertz CT molecular complexity index is 694. The van der Waals surface area contributed by atoms with E-state index in [0.717, 1.165) is 0 Å². The first kappa shape index (κ1) is 32.5. The first-order valence-corrected chi connectivity index (χ1v) is 7.08. The van der Waals surface area contributed by atoms with Crippen LogP contribution in [0.15, 0.2) is 0 Å². The molecule has 0 aliphatic heterocycles. The third-order valence-corrected chi connectivity index (χ3v) is 4.10. The number of hydrogen-bond acceptors (Lipinski definition) is 3. The number of halogens is 17. The molecule has 0 amide bonds. The Morgan fingerprint density at radius 1 is 0.467 bits per heavy atom.